The van der Waals surface area contributed by atoms with E-state index in [9.17, 15) is 4.79 Å². The molecule has 0 radical (unpaired) electrons. The van der Waals surface area contributed by atoms with Crippen LogP contribution in [0, 0.1) is 16.7 Å². The first-order valence-corrected chi connectivity index (χ1v) is 7.54. The highest BCUT2D eigenvalue weighted by atomic mass is 35.5. The van der Waals surface area contributed by atoms with Crippen molar-refractivity contribution in [1.29, 1.82) is 0 Å². The van der Waals surface area contributed by atoms with Gasteiger partial charge in [-0.3, -0.25) is 4.79 Å². The maximum Gasteiger partial charge on any atom is 0.307 e. The van der Waals surface area contributed by atoms with E-state index in [0.717, 1.165) is 26.1 Å². The molecule has 1 fully saturated rings. The maximum absolute atomic E-state index is 10.6. The lowest BCUT2D eigenvalue weighted by Crippen LogP contribution is -2.13. The number of halogens is 1. The summed E-state index contributed by atoms with van der Waals surface area (Å²) in [6, 6.07) is 2.64. The molecule has 22 heavy (non-hydrogen) atoms. The molecule has 0 saturated heterocycles. The molecule has 0 aliphatic heterocycles. The van der Waals surface area contributed by atoms with Crippen molar-refractivity contribution in [3.8, 4) is 0 Å². The fourth-order valence-electron chi connectivity index (χ4n) is 2.45. The number of aliphatic imine (C=N–C) groups is 2. The zero-order valence-electron chi connectivity index (χ0n) is 15.0. The first-order valence-electron chi connectivity index (χ1n) is 7.54. The molecule has 0 aromatic heterocycles. The third kappa shape index (κ3) is 6.91. The molecule has 1 rings (SSSR count). The van der Waals surface area contributed by atoms with Gasteiger partial charge >= 0.3 is 5.97 Å². The molecule has 0 aromatic carbocycles. The van der Waals surface area contributed by atoms with Crippen LogP contribution >= 0.6 is 12.4 Å². The predicted octanol–water partition coefficient (Wildman–Crippen LogP) is 3.31. The van der Waals surface area contributed by atoms with Crippen molar-refractivity contribution in [2.45, 2.75) is 41.0 Å². The SMILES string of the molecule is CC1(C)C(C(=O)O)C1(C)C.CCN=C=NCCCN(C)C.Cl. The van der Waals surface area contributed by atoms with Crippen LogP contribution in [0.5, 0.6) is 0 Å². The minimum Gasteiger partial charge on any atom is -0.481 e. The van der Waals surface area contributed by atoms with E-state index in [1.165, 1.54) is 0 Å². The van der Waals surface area contributed by atoms with Crippen molar-refractivity contribution in [2.75, 3.05) is 33.7 Å². The summed E-state index contributed by atoms with van der Waals surface area (Å²) in [5.41, 5.74) is -0.0301. The summed E-state index contributed by atoms with van der Waals surface area (Å²) in [6.07, 6.45) is 1.08. The minimum atomic E-state index is -0.657. The molecule has 0 spiro atoms. The molecular formula is C16H32ClN3O2. The third-order valence-corrected chi connectivity index (χ3v) is 4.44. The molecule has 0 aromatic rings. The highest BCUT2D eigenvalue weighted by Crippen LogP contribution is 2.68. The second-order valence-corrected chi connectivity index (χ2v) is 6.83. The van der Waals surface area contributed by atoms with E-state index in [1.807, 2.05) is 34.6 Å². The molecule has 0 bridgehead atoms. The van der Waals surface area contributed by atoms with Gasteiger partial charge in [-0.2, -0.15) is 0 Å². The fraction of sp³-hybridized carbons (Fsp3) is 0.875. The van der Waals surface area contributed by atoms with Crippen LogP contribution in [0.4, 0.5) is 0 Å². The van der Waals surface area contributed by atoms with Gasteiger partial charge in [0.2, 0.25) is 0 Å². The Labute approximate surface area is 141 Å². The molecule has 1 saturated carbocycles. The Morgan fingerprint density at radius 2 is 1.68 bits per heavy atom. The molecule has 0 heterocycles. The van der Waals surface area contributed by atoms with Crippen molar-refractivity contribution in [3.63, 3.8) is 0 Å². The van der Waals surface area contributed by atoms with Crippen LogP contribution in [0.15, 0.2) is 9.98 Å². The zero-order valence-corrected chi connectivity index (χ0v) is 15.8. The van der Waals surface area contributed by atoms with Crippen molar-refractivity contribution >= 4 is 24.4 Å². The van der Waals surface area contributed by atoms with Gasteiger partial charge in [0.15, 0.2) is 0 Å². The summed E-state index contributed by atoms with van der Waals surface area (Å²) in [6.45, 7) is 12.7. The summed E-state index contributed by atoms with van der Waals surface area (Å²) in [4.78, 5) is 20.6. The lowest BCUT2D eigenvalue weighted by atomic mass is 10.0. The van der Waals surface area contributed by atoms with E-state index in [2.05, 4.69) is 35.0 Å². The van der Waals surface area contributed by atoms with Crippen LogP contribution in [0.3, 0.4) is 0 Å². The molecule has 0 amide bonds. The van der Waals surface area contributed by atoms with Crippen molar-refractivity contribution < 1.29 is 9.90 Å². The van der Waals surface area contributed by atoms with E-state index in [1.54, 1.807) is 0 Å². The van der Waals surface area contributed by atoms with Gasteiger partial charge in [-0.25, -0.2) is 9.98 Å². The molecular weight excluding hydrogens is 302 g/mol. The number of hydrogen-bond donors (Lipinski definition) is 1. The quantitative estimate of drug-likeness (QED) is 0.599. The highest BCUT2D eigenvalue weighted by molar-refractivity contribution is 5.85. The lowest BCUT2D eigenvalue weighted by molar-refractivity contribution is -0.139. The van der Waals surface area contributed by atoms with Crippen LogP contribution in [0.2, 0.25) is 0 Å². The van der Waals surface area contributed by atoms with Crippen molar-refractivity contribution in [2.24, 2.45) is 26.7 Å². The summed E-state index contributed by atoms with van der Waals surface area (Å²) < 4.78 is 0. The first-order chi connectivity index (χ1) is 9.59. The molecule has 1 N–H and O–H groups in total. The minimum absolute atomic E-state index is 0. The van der Waals surface area contributed by atoms with Gasteiger partial charge in [0.1, 0.15) is 0 Å². The predicted molar refractivity (Wildman–Crippen MR) is 94.4 cm³/mol. The molecule has 5 nitrogen and oxygen atoms in total. The average molecular weight is 334 g/mol. The Morgan fingerprint density at radius 3 is 1.95 bits per heavy atom. The van der Waals surface area contributed by atoms with Gasteiger partial charge in [0, 0.05) is 6.54 Å². The van der Waals surface area contributed by atoms with Crippen molar-refractivity contribution in [3.05, 3.63) is 0 Å². The Balaban J connectivity index is 0. The van der Waals surface area contributed by atoms with Crippen molar-refractivity contribution in [1.82, 2.24) is 4.90 Å². The number of nitrogens with zero attached hydrogens (tertiary/aromatic N) is 3. The molecule has 1 aliphatic carbocycles. The second kappa shape index (κ2) is 9.98. The Hall–Kier alpha value is -0.900. The van der Waals surface area contributed by atoms with Gasteiger partial charge in [0.05, 0.1) is 18.5 Å². The lowest BCUT2D eigenvalue weighted by Gasteiger charge is -2.05. The van der Waals surface area contributed by atoms with E-state index in [0.29, 0.717) is 0 Å². The van der Waals surface area contributed by atoms with Gasteiger partial charge in [-0.15, -0.1) is 12.4 Å². The highest BCUT2D eigenvalue weighted by Gasteiger charge is 2.68. The zero-order chi connectivity index (χ0) is 16.7. The number of aliphatic carboxylic acids is 1. The number of carbonyl (C=O) groups is 1. The largest absolute Gasteiger partial charge is 0.481 e. The summed E-state index contributed by atoms with van der Waals surface area (Å²) in [5, 5.41) is 8.72. The molecule has 6 heteroatoms. The summed E-state index contributed by atoms with van der Waals surface area (Å²) >= 11 is 0. The van der Waals surface area contributed by atoms with E-state index in [-0.39, 0.29) is 29.2 Å². The van der Waals surface area contributed by atoms with Gasteiger partial charge in [-0.05, 0) is 44.8 Å². The van der Waals surface area contributed by atoms with Crippen LogP contribution in [-0.4, -0.2) is 55.7 Å². The molecule has 130 valence electrons. The molecule has 1 aliphatic rings. The number of carboxylic acid groups (broad SMARTS) is 1. The smallest absolute Gasteiger partial charge is 0.307 e. The van der Waals surface area contributed by atoms with Crippen LogP contribution in [0.1, 0.15) is 41.0 Å². The fourth-order valence-corrected chi connectivity index (χ4v) is 2.45. The van der Waals surface area contributed by atoms with Crippen LogP contribution < -0.4 is 0 Å². The van der Waals surface area contributed by atoms with E-state index in [4.69, 9.17) is 5.11 Å². The van der Waals surface area contributed by atoms with Gasteiger partial charge < -0.3 is 10.0 Å². The van der Waals surface area contributed by atoms with Crippen LogP contribution in [-0.2, 0) is 4.79 Å². The average Bonchev–Trinajstić information content (AvgIpc) is 2.74. The number of hydrogen-bond acceptors (Lipinski definition) is 4. The second-order valence-electron chi connectivity index (χ2n) is 6.83. The van der Waals surface area contributed by atoms with E-state index < -0.39 is 5.97 Å². The van der Waals surface area contributed by atoms with Gasteiger partial charge in [-0.1, -0.05) is 27.7 Å². The van der Waals surface area contributed by atoms with E-state index >= 15 is 0 Å². The summed E-state index contributed by atoms with van der Waals surface area (Å²) in [7, 11) is 4.12. The monoisotopic (exact) mass is 333 g/mol. The first kappa shape index (κ1) is 23.4. The Morgan fingerprint density at radius 1 is 1.18 bits per heavy atom. The summed E-state index contributed by atoms with van der Waals surface area (Å²) in [5.74, 6) is -0.810. The third-order valence-electron chi connectivity index (χ3n) is 4.44. The molecule has 0 atom stereocenters. The normalized spacial score (nSPS) is 17.5. The standard InChI is InChI=1S/C8H17N3.C8H14O2.ClH/c1-4-9-8-10-6-5-7-11(2)3;1-7(2)5(6(9)10)8(7,3)4;/h4-7H2,1-3H3;5H,1-4H3,(H,9,10);1H. The number of carboxylic acids is 1. The maximum atomic E-state index is 10.6. The molecule has 0 unspecified atom stereocenters. The Bertz CT molecular complexity index is 386. The van der Waals surface area contributed by atoms with Gasteiger partial charge in [0.25, 0.3) is 0 Å². The number of rotatable bonds is 6. The Kier molecular flexibility index (Phi) is 10.6. The van der Waals surface area contributed by atoms with Crippen LogP contribution in [0.25, 0.3) is 0 Å². The topological polar surface area (TPSA) is 65.3 Å².